The molecule has 0 aliphatic rings. The first-order valence-electron chi connectivity index (χ1n) is 9.97. The number of likely N-dealkylation sites (N-methyl/N-ethyl adjacent to an activating group) is 1. The molecule has 0 saturated carbocycles. The Balaban J connectivity index is 1.76. The van der Waals surface area contributed by atoms with Crippen LogP contribution in [0.3, 0.4) is 0 Å². The molecule has 0 aliphatic carbocycles. The third kappa shape index (κ3) is 6.44. The summed E-state index contributed by atoms with van der Waals surface area (Å²) in [7, 11) is -2.23. The van der Waals surface area contributed by atoms with Crippen LogP contribution in [-0.2, 0) is 10.0 Å². The number of halogens is 1. The molecule has 0 unspecified atom stereocenters. The summed E-state index contributed by atoms with van der Waals surface area (Å²) in [6.07, 6.45) is 1.48. The number of nitro benzene ring substituents is 1. The number of aliphatic hydroxyl groups is 1. The van der Waals surface area contributed by atoms with E-state index < -0.39 is 20.6 Å². The summed E-state index contributed by atoms with van der Waals surface area (Å²) in [5, 5.41) is 24.9. The average Bonchev–Trinajstić information content (AvgIpc) is 2.79. The number of nitrogens with one attached hydrogen (secondary N) is 2. The van der Waals surface area contributed by atoms with Crippen molar-refractivity contribution in [2.75, 3.05) is 35.2 Å². The minimum atomic E-state index is -4.08. The van der Waals surface area contributed by atoms with E-state index in [1.807, 2.05) is 24.1 Å². The van der Waals surface area contributed by atoms with Crippen molar-refractivity contribution < 1.29 is 18.4 Å². The van der Waals surface area contributed by atoms with Crippen LogP contribution in [-0.4, -0.2) is 44.9 Å². The van der Waals surface area contributed by atoms with Crippen molar-refractivity contribution in [3.63, 3.8) is 0 Å². The summed E-state index contributed by atoms with van der Waals surface area (Å²) in [4.78, 5) is 12.5. The van der Waals surface area contributed by atoms with E-state index in [4.69, 9.17) is 16.7 Å². The highest BCUT2D eigenvalue weighted by atomic mass is 35.5. The molecule has 0 bridgehead atoms. The molecule has 0 aliphatic heterocycles. The molecule has 10 nitrogen and oxygen atoms in total. The van der Waals surface area contributed by atoms with E-state index in [0.29, 0.717) is 11.6 Å². The molecule has 3 rings (SSSR count). The summed E-state index contributed by atoms with van der Waals surface area (Å²) >= 11 is 5.88. The molecule has 3 N–H and O–H groups in total. The van der Waals surface area contributed by atoms with Crippen molar-refractivity contribution in [2.24, 2.45) is 5.10 Å². The molecule has 12 heteroatoms. The standard InChI is InChI=1S/C22H22ClN5O5S/c1-27(11-12-29)19-7-5-16(6-8-19)15-24-25-21-10-9-20(14-22(21)28(30)31)34(32,33)26-18-4-2-3-17(23)13-18/h2-10,13-15,25-26,29H,11-12H2,1H3/b24-15+. The predicted octanol–water partition coefficient (Wildman–Crippen LogP) is 3.92. The van der Waals surface area contributed by atoms with Crippen LogP contribution in [0.2, 0.25) is 5.02 Å². The van der Waals surface area contributed by atoms with Crippen LogP contribution < -0.4 is 15.0 Å². The minimum absolute atomic E-state index is 0.0299. The highest BCUT2D eigenvalue weighted by Crippen LogP contribution is 2.29. The highest BCUT2D eigenvalue weighted by Gasteiger charge is 2.21. The summed E-state index contributed by atoms with van der Waals surface area (Å²) in [6.45, 7) is 0.540. The lowest BCUT2D eigenvalue weighted by Crippen LogP contribution is -2.20. The van der Waals surface area contributed by atoms with Crippen LogP contribution >= 0.6 is 11.6 Å². The summed E-state index contributed by atoms with van der Waals surface area (Å²) in [5.74, 6) is 0. The van der Waals surface area contributed by atoms with E-state index in [2.05, 4.69) is 15.2 Å². The molecule has 0 amide bonds. The van der Waals surface area contributed by atoms with E-state index in [9.17, 15) is 18.5 Å². The van der Waals surface area contributed by atoms with E-state index in [1.54, 1.807) is 24.3 Å². The normalized spacial score (nSPS) is 11.4. The Hall–Kier alpha value is -3.67. The van der Waals surface area contributed by atoms with Gasteiger partial charge in [0.15, 0.2) is 0 Å². The number of hydrogen-bond acceptors (Lipinski definition) is 8. The fraction of sp³-hybridized carbons (Fsp3) is 0.136. The molecular formula is C22H22ClN5O5S. The van der Waals surface area contributed by atoms with Gasteiger partial charge in [0.2, 0.25) is 0 Å². The highest BCUT2D eigenvalue weighted by molar-refractivity contribution is 7.92. The topological polar surface area (TPSA) is 137 Å². The van der Waals surface area contributed by atoms with E-state index in [1.165, 1.54) is 30.5 Å². The zero-order chi connectivity index (χ0) is 24.7. The van der Waals surface area contributed by atoms with Crippen molar-refractivity contribution >= 4 is 50.6 Å². The van der Waals surface area contributed by atoms with Gasteiger partial charge in [-0.05, 0) is 48.0 Å². The number of hydrogen-bond donors (Lipinski definition) is 3. The Morgan fingerprint density at radius 2 is 1.88 bits per heavy atom. The maximum Gasteiger partial charge on any atom is 0.295 e. The molecule has 0 aromatic heterocycles. The number of benzene rings is 3. The van der Waals surface area contributed by atoms with Gasteiger partial charge < -0.3 is 10.0 Å². The van der Waals surface area contributed by atoms with Crippen molar-refractivity contribution in [1.82, 2.24) is 0 Å². The monoisotopic (exact) mass is 503 g/mol. The fourth-order valence-electron chi connectivity index (χ4n) is 2.96. The molecule has 3 aromatic rings. The molecule has 34 heavy (non-hydrogen) atoms. The summed E-state index contributed by atoms with van der Waals surface area (Å²) in [6, 6.07) is 16.9. The van der Waals surface area contributed by atoms with Crippen molar-refractivity contribution in [3.8, 4) is 0 Å². The van der Waals surface area contributed by atoms with Crippen LogP contribution in [0.5, 0.6) is 0 Å². The maximum absolute atomic E-state index is 12.7. The smallest absolute Gasteiger partial charge is 0.295 e. The second-order valence-corrected chi connectivity index (χ2v) is 9.28. The Kier molecular flexibility index (Phi) is 8.05. The predicted molar refractivity (Wildman–Crippen MR) is 133 cm³/mol. The lowest BCUT2D eigenvalue weighted by molar-refractivity contribution is -0.384. The third-order valence-corrected chi connectivity index (χ3v) is 6.33. The van der Waals surface area contributed by atoms with Gasteiger partial charge in [-0.2, -0.15) is 5.10 Å². The van der Waals surface area contributed by atoms with Crippen molar-refractivity contribution in [1.29, 1.82) is 0 Å². The lowest BCUT2D eigenvalue weighted by Gasteiger charge is -2.17. The Bertz CT molecular complexity index is 1300. The molecule has 0 saturated heterocycles. The van der Waals surface area contributed by atoms with Crippen LogP contribution in [0.4, 0.5) is 22.7 Å². The fourth-order valence-corrected chi connectivity index (χ4v) is 4.22. The first-order valence-corrected chi connectivity index (χ1v) is 11.8. The van der Waals surface area contributed by atoms with E-state index in [0.717, 1.165) is 17.3 Å². The van der Waals surface area contributed by atoms with Gasteiger partial charge in [0.1, 0.15) is 5.69 Å². The molecule has 3 aromatic carbocycles. The van der Waals surface area contributed by atoms with Crippen molar-refractivity contribution in [3.05, 3.63) is 87.4 Å². The second kappa shape index (κ2) is 11.0. The largest absolute Gasteiger partial charge is 0.395 e. The van der Waals surface area contributed by atoms with Gasteiger partial charge in [-0.3, -0.25) is 20.3 Å². The summed E-state index contributed by atoms with van der Waals surface area (Å²) in [5.41, 5.74) is 4.05. The Morgan fingerprint density at radius 3 is 2.53 bits per heavy atom. The van der Waals surface area contributed by atoms with Gasteiger partial charge in [-0.15, -0.1) is 0 Å². The van der Waals surface area contributed by atoms with Crippen LogP contribution in [0.1, 0.15) is 5.56 Å². The number of nitrogens with zero attached hydrogens (tertiary/aromatic N) is 3. The quantitative estimate of drug-likeness (QED) is 0.216. The van der Waals surface area contributed by atoms with E-state index in [-0.39, 0.29) is 22.9 Å². The molecular weight excluding hydrogens is 482 g/mol. The molecule has 0 fully saturated rings. The maximum atomic E-state index is 12.7. The van der Waals surface area contributed by atoms with Gasteiger partial charge in [0.05, 0.1) is 28.3 Å². The number of sulfonamides is 1. The van der Waals surface area contributed by atoms with Gasteiger partial charge in [0, 0.05) is 30.4 Å². The number of hydrazone groups is 1. The number of anilines is 3. The lowest BCUT2D eigenvalue weighted by atomic mass is 10.2. The van der Waals surface area contributed by atoms with Gasteiger partial charge in [0.25, 0.3) is 15.7 Å². The number of nitro groups is 1. The molecule has 0 heterocycles. The van der Waals surface area contributed by atoms with Crippen molar-refractivity contribution in [2.45, 2.75) is 4.90 Å². The summed E-state index contributed by atoms with van der Waals surface area (Å²) < 4.78 is 27.7. The zero-order valence-electron chi connectivity index (χ0n) is 18.1. The Labute approximate surface area is 201 Å². The van der Waals surface area contributed by atoms with Gasteiger partial charge >= 0.3 is 0 Å². The van der Waals surface area contributed by atoms with Crippen LogP contribution in [0.25, 0.3) is 0 Å². The molecule has 0 atom stereocenters. The van der Waals surface area contributed by atoms with Crippen LogP contribution in [0.15, 0.2) is 76.7 Å². The number of aliphatic hydroxyl groups excluding tert-OH is 1. The first-order chi connectivity index (χ1) is 16.2. The number of rotatable bonds is 10. The van der Waals surface area contributed by atoms with Gasteiger partial charge in [-0.1, -0.05) is 29.8 Å². The third-order valence-electron chi connectivity index (χ3n) is 4.72. The minimum Gasteiger partial charge on any atom is -0.395 e. The average molecular weight is 504 g/mol. The molecule has 0 spiro atoms. The first kappa shape index (κ1) is 25.0. The van der Waals surface area contributed by atoms with Crippen LogP contribution in [0, 0.1) is 10.1 Å². The molecule has 0 radical (unpaired) electrons. The Morgan fingerprint density at radius 1 is 1.15 bits per heavy atom. The van der Waals surface area contributed by atoms with Gasteiger partial charge in [-0.25, -0.2) is 8.42 Å². The zero-order valence-corrected chi connectivity index (χ0v) is 19.6. The SMILES string of the molecule is CN(CCO)c1ccc(/C=N/Nc2ccc(S(=O)(=O)Nc3cccc(Cl)c3)cc2[N+](=O)[O-])cc1. The van der Waals surface area contributed by atoms with E-state index >= 15 is 0 Å². The second-order valence-electron chi connectivity index (χ2n) is 7.16. The molecule has 178 valence electrons.